The fourth-order valence-electron chi connectivity index (χ4n) is 4.23. The summed E-state index contributed by atoms with van der Waals surface area (Å²) in [5.41, 5.74) is -1.58. The number of hydrogen-bond donors (Lipinski definition) is 1. The van der Waals surface area contributed by atoms with Gasteiger partial charge in [0, 0.05) is 12.3 Å². The number of allylic oxidation sites excluding steroid dienone is 3. The van der Waals surface area contributed by atoms with Crippen LogP contribution in [-0.2, 0) is 33.4 Å². The number of methoxy groups -OCH3 is 3. The normalized spacial score (nSPS) is 23.7. The van der Waals surface area contributed by atoms with Gasteiger partial charge in [0.15, 0.2) is 5.78 Å². The average Bonchev–Trinajstić information content (AvgIpc) is 3.10. The van der Waals surface area contributed by atoms with Crippen molar-refractivity contribution in [2.75, 3.05) is 21.3 Å². The zero-order valence-corrected chi connectivity index (χ0v) is 20.2. The topological polar surface area (TPSA) is 116 Å². The molecule has 0 aromatic rings. The highest BCUT2D eigenvalue weighted by Gasteiger charge is 2.61. The van der Waals surface area contributed by atoms with Gasteiger partial charge in [0.2, 0.25) is 0 Å². The molecule has 1 unspecified atom stereocenters. The van der Waals surface area contributed by atoms with E-state index in [0.717, 1.165) is 19.3 Å². The van der Waals surface area contributed by atoms with Crippen molar-refractivity contribution >= 4 is 23.7 Å². The summed E-state index contributed by atoms with van der Waals surface area (Å²) in [5, 5.41) is 10.3. The minimum Gasteiger partial charge on any atom is -0.469 e. The third-order valence-corrected chi connectivity index (χ3v) is 6.17. The number of hydrogen-bond acceptors (Lipinski definition) is 8. The first kappa shape index (κ1) is 28.6. The minimum absolute atomic E-state index is 0.0468. The van der Waals surface area contributed by atoms with Gasteiger partial charge < -0.3 is 19.3 Å². The summed E-state index contributed by atoms with van der Waals surface area (Å²) in [5.74, 6) is -3.93. The number of carbonyl (C=O) groups excluding carboxylic acids is 4. The van der Waals surface area contributed by atoms with Crippen molar-refractivity contribution in [3.63, 3.8) is 0 Å². The molecule has 1 aliphatic rings. The first-order valence-corrected chi connectivity index (χ1v) is 11.6. The van der Waals surface area contributed by atoms with Gasteiger partial charge in [0.25, 0.3) is 0 Å². The lowest BCUT2D eigenvalue weighted by atomic mass is 9.73. The van der Waals surface area contributed by atoms with E-state index in [4.69, 9.17) is 9.47 Å². The van der Waals surface area contributed by atoms with Crippen LogP contribution in [0.25, 0.3) is 0 Å². The maximum atomic E-state index is 13.3. The Balaban J connectivity index is 3.11. The maximum Gasteiger partial charge on any atom is 0.320 e. The first-order valence-electron chi connectivity index (χ1n) is 11.6. The molecule has 4 atom stereocenters. The Morgan fingerprint density at radius 3 is 2.42 bits per heavy atom. The number of aliphatic hydroxyl groups excluding tert-OH is 1. The fourth-order valence-corrected chi connectivity index (χ4v) is 4.23. The van der Waals surface area contributed by atoms with Crippen molar-refractivity contribution in [2.24, 2.45) is 17.3 Å². The molecule has 186 valence electrons. The molecule has 0 spiro atoms. The highest BCUT2D eigenvalue weighted by Crippen LogP contribution is 2.48. The summed E-state index contributed by atoms with van der Waals surface area (Å²) in [6.07, 6.45) is 11.1. The Kier molecular flexibility index (Phi) is 12.7. The average molecular weight is 467 g/mol. The smallest absolute Gasteiger partial charge is 0.320 e. The van der Waals surface area contributed by atoms with E-state index in [9.17, 15) is 24.3 Å². The van der Waals surface area contributed by atoms with E-state index in [-0.39, 0.29) is 25.2 Å². The molecular formula is C25H38O8. The summed E-state index contributed by atoms with van der Waals surface area (Å²) in [7, 11) is 3.75. The zero-order valence-electron chi connectivity index (χ0n) is 20.2. The number of unbranched alkanes of at least 4 members (excludes halogenated alkanes) is 3. The summed E-state index contributed by atoms with van der Waals surface area (Å²) in [6.45, 7) is 2.08. The van der Waals surface area contributed by atoms with Gasteiger partial charge in [-0.3, -0.25) is 19.2 Å². The molecule has 0 aromatic heterocycles. The van der Waals surface area contributed by atoms with Gasteiger partial charge in [-0.05, 0) is 32.1 Å². The Hall–Kier alpha value is -2.48. The van der Waals surface area contributed by atoms with E-state index in [1.54, 1.807) is 24.3 Å². The van der Waals surface area contributed by atoms with Gasteiger partial charge in [-0.2, -0.15) is 0 Å². The lowest BCUT2D eigenvalue weighted by Gasteiger charge is -2.28. The van der Waals surface area contributed by atoms with Gasteiger partial charge in [-0.1, -0.05) is 50.5 Å². The molecule has 1 saturated carbocycles. The molecule has 1 aliphatic carbocycles. The Morgan fingerprint density at radius 1 is 1.09 bits per heavy atom. The molecule has 0 aliphatic heterocycles. The predicted octanol–water partition coefficient (Wildman–Crippen LogP) is 3.31. The summed E-state index contributed by atoms with van der Waals surface area (Å²) < 4.78 is 14.4. The number of esters is 3. The van der Waals surface area contributed by atoms with E-state index in [1.807, 2.05) is 0 Å². The third-order valence-electron chi connectivity index (χ3n) is 6.17. The van der Waals surface area contributed by atoms with Crippen LogP contribution < -0.4 is 0 Å². The molecule has 33 heavy (non-hydrogen) atoms. The summed E-state index contributed by atoms with van der Waals surface area (Å²) in [4.78, 5) is 49.8. The van der Waals surface area contributed by atoms with Crippen molar-refractivity contribution in [1.82, 2.24) is 0 Å². The number of ketones is 1. The quantitative estimate of drug-likeness (QED) is 0.136. The van der Waals surface area contributed by atoms with Gasteiger partial charge in [0.05, 0.1) is 27.4 Å². The van der Waals surface area contributed by atoms with E-state index >= 15 is 0 Å². The van der Waals surface area contributed by atoms with E-state index in [0.29, 0.717) is 19.3 Å². The zero-order chi connectivity index (χ0) is 24.9. The number of Topliss-reactive ketones (excluding diaryl/α,β-unsaturated/α-hetero) is 1. The van der Waals surface area contributed by atoms with E-state index in [1.165, 1.54) is 21.3 Å². The molecule has 8 nitrogen and oxygen atoms in total. The fraction of sp³-hybridized carbons (Fsp3) is 0.680. The van der Waals surface area contributed by atoms with Crippen LogP contribution in [0.3, 0.4) is 0 Å². The maximum absolute atomic E-state index is 13.3. The van der Waals surface area contributed by atoms with Crippen LogP contribution in [0.1, 0.15) is 64.7 Å². The van der Waals surface area contributed by atoms with Crippen LogP contribution in [0.4, 0.5) is 0 Å². The van der Waals surface area contributed by atoms with E-state index in [2.05, 4.69) is 11.7 Å². The van der Waals surface area contributed by atoms with Crippen molar-refractivity contribution in [3.8, 4) is 0 Å². The second kappa shape index (κ2) is 14.6. The third kappa shape index (κ3) is 7.81. The van der Waals surface area contributed by atoms with Crippen LogP contribution in [0.15, 0.2) is 24.3 Å². The highest BCUT2D eigenvalue weighted by molar-refractivity contribution is 6.14. The van der Waals surface area contributed by atoms with Gasteiger partial charge in [-0.25, -0.2) is 0 Å². The van der Waals surface area contributed by atoms with Crippen molar-refractivity contribution < 1.29 is 38.5 Å². The first-order chi connectivity index (χ1) is 15.8. The molecule has 0 aromatic carbocycles. The largest absolute Gasteiger partial charge is 0.469 e. The monoisotopic (exact) mass is 466 g/mol. The molecule has 0 bridgehead atoms. The van der Waals surface area contributed by atoms with Crippen LogP contribution >= 0.6 is 0 Å². The molecule has 8 heteroatoms. The van der Waals surface area contributed by atoms with Crippen LogP contribution in [0.2, 0.25) is 0 Å². The number of carbonyl (C=O) groups is 4. The van der Waals surface area contributed by atoms with Crippen molar-refractivity contribution in [2.45, 2.75) is 70.8 Å². The second-order valence-electron chi connectivity index (χ2n) is 8.34. The Morgan fingerprint density at radius 2 is 1.82 bits per heavy atom. The SMILES string of the molecule is CCCCCC(O)C=C[C@@H]1C[C@@H](C(=O)OC)C(=O)[C@@]1(CC=CCCCC(=O)OC)C(=O)OC. The highest BCUT2D eigenvalue weighted by atomic mass is 16.5. The van der Waals surface area contributed by atoms with Gasteiger partial charge in [0.1, 0.15) is 11.3 Å². The molecule has 0 radical (unpaired) electrons. The van der Waals surface area contributed by atoms with Crippen LogP contribution in [0.5, 0.6) is 0 Å². The van der Waals surface area contributed by atoms with Crippen LogP contribution in [0, 0.1) is 17.3 Å². The molecule has 1 N–H and O–H groups in total. The predicted molar refractivity (Wildman–Crippen MR) is 122 cm³/mol. The molecular weight excluding hydrogens is 428 g/mol. The van der Waals surface area contributed by atoms with E-state index < -0.39 is 41.1 Å². The van der Waals surface area contributed by atoms with Gasteiger partial charge >= 0.3 is 17.9 Å². The minimum atomic E-state index is -1.58. The molecule has 1 rings (SSSR count). The number of rotatable bonds is 14. The second-order valence-corrected chi connectivity index (χ2v) is 8.34. The lowest BCUT2D eigenvalue weighted by Crippen LogP contribution is -2.43. The van der Waals surface area contributed by atoms with Crippen molar-refractivity contribution in [3.05, 3.63) is 24.3 Å². The molecule has 0 saturated heterocycles. The molecule has 0 heterocycles. The van der Waals surface area contributed by atoms with Crippen LogP contribution in [-0.4, -0.2) is 56.2 Å². The lowest BCUT2D eigenvalue weighted by molar-refractivity contribution is -0.160. The number of aliphatic hydroxyl groups is 1. The standard InChI is InChI=1S/C25H38O8/c1-5-6-9-12-19(26)15-14-18-17-20(23(29)32-3)22(28)25(18,24(30)33-4)16-11-8-7-10-13-21(27)31-2/h8,11,14-15,18-20,26H,5-7,9-10,12-13,16-17H2,1-4H3/t18-,19?,20-,25+/m1/s1. The Bertz CT molecular complexity index is 726. The van der Waals surface area contributed by atoms with Crippen molar-refractivity contribution in [1.29, 1.82) is 0 Å². The summed E-state index contributed by atoms with van der Waals surface area (Å²) >= 11 is 0. The molecule has 0 amide bonds. The summed E-state index contributed by atoms with van der Waals surface area (Å²) in [6, 6.07) is 0. The number of ether oxygens (including phenoxy) is 3. The molecule has 1 fully saturated rings. The Labute approximate surface area is 196 Å². The van der Waals surface area contributed by atoms with Gasteiger partial charge in [-0.15, -0.1) is 0 Å².